The number of aryl methyl sites for hydroxylation is 3. The predicted octanol–water partition coefficient (Wildman–Crippen LogP) is 7.64. The number of hydrogen-bond acceptors (Lipinski definition) is 14. The van der Waals surface area contributed by atoms with E-state index in [9.17, 15) is 14.4 Å². The number of nitrogens with one attached hydrogen (secondary N) is 3. The molecule has 1 saturated heterocycles. The molecule has 8 rings (SSSR count). The molecule has 0 spiro atoms. The summed E-state index contributed by atoms with van der Waals surface area (Å²) in [4.78, 5) is 58.7. The maximum absolute atomic E-state index is 13.4. The van der Waals surface area contributed by atoms with Gasteiger partial charge >= 0.3 is 0 Å². The summed E-state index contributed by atoms with van der Waals surface area (Å²) in [5, 5.41) is 20.6. The maximum Gasteiger partial charge on any atom is 0.293 e. The Hall–Kier alpha value is -6.08. The van der Waals surface area contributed by atoms with E-state index in [1.807, 2.05) is 37.3 Å². The van der Waals surface area contributed by atoms with Crippen LogP contribution < -0.4 is 35.9 Å². The molecule has 6 heterocycles. The highest BCUT2D eigenvalue weighted by Gasteiger charge is 2.32. The maximum atomic E-state index is 13.4. The highest BCUT2D eigenvalue weighted by molar-refractivity contribution is 7.15. The van der Waals surface area contributed by atoms with Gasteiger partial charge in [-0.1, -0.05) is 61.0 Å². The summed E-state index contributed by atoms with van der Waals surface area (Å²) >= 11 is 14.6. The number of unbranched alkanes of at least 4 members (excludes halogenated alkanes) is 5. The predicted molar refractivity (Wildman–Crippen MR) is 273 cm³/mol. The molecule has 69 heavy (non-hydrogen) atoms. The third kappa shape index (κ3) is 11.2. The number of piperazine rings is 1. The Balaban J connectivity index is 0.765. The van der Waals surface area contributed by atoms with Gasteiger partial charge in [-0.3, -0.25) is 28.8 Å². The van der Waals surface area contributed by atoms with Gasteiger partial charge in [0.2, 0.25) is 11.9 Å². The number of methoxy groups -OCH3 is 1. The summed E-state index contributed by atoms with van der Waals surface area (Å²) < 4.78 is 14.7. The number of carbonyl (C=O) groups is 2. The fourth-order valence-corrected chi connectivity index (χ4v) is 10.3. The second kappa shape index (κ2) is 22.1. The van der Waals surface area contributed by atoms with Crippen molar-refractivity contribution >= 4 is 80.4 Å². The number of likely N-dealkylation sites (N-methyl/N-ethyl adjacent to an activating group) is 1. The summed E-state index contributed by atoms with van der Waals surface area (Å²) in [5.41, 5.74) is 4.80. The molecule has 2 aliphatic heterocycles. The van der Waals surface area contributed by atoms with E-state index in [0.29, 0.717) is 56.5 Å². The standard InChI is InChI=1S/C49H58Cl2N12O5S/c1-29-30(2)69-48-42(29)43(32-13-15-34(50)16-14-32)56-37(46-59-58-31(3)63(46)48)26-40(64)53-17-11-9-7-8-10-12-18-61-19-21-62(22-20-61)49-54-27-36(51)45(57-49)55-35-23-33-24-39(68-28-41(65)52-4)47(66)60(5)44(33)38(25-35)67-6/h13-16,23-25,27,37H,7-12,17-22,26,28H2,1-6H3,(H,52,65)(H,53,64)(H,54,55,57)/t37-/m0/s1. The zero-order valence-electron chi connectivity index (χ0n) is 39.8. The second-order valence-corrected chi connectivity index (χ2v) is 19.4. The van der Waals surface area contributed by atoms with Crippen molar-refractivity contribution in [2.45, 2.75) is 71.8 Å². The van der Waals surface area contributed by atoms with Gasteiger partial charge in [0.05, 0.1) is 31.0 Å². The van der Waals surface area contributed by atoms with Crippen molar-refractivity contribution in [1.82, 2.24) is 44.8 Å². The number of pyridine rings is 1. The minimum absolute atomic E-state index is 0.0407. The SMILES string of the molecule is CNC(=O)COc1cc2cc(Nc3nc(N4CCN(CCCCCCCCNC(=O)C[C@@H]5N=C(c6ccc(Cl)cc6)c6c(sc(C)c6C)-n6c(C)nnc65)CC4)ncc3Cl)cc(OC)c2n(C)c1=O. The van der Waals surface area contributed by atoms with Crippen LogP contribution in [-0.4, -0.2) is 112 Å². The number of ether oxygens (including phenoxy) is 2. The van der Waals surface area contributed by atoms with Crippen LogP contribution in [0.25, 0.3) is 15.9 Å². The number of aliphatic imine (C=N–C) groups is 1. The molecule has 20 heteroatoms. The largest absolute Gasteiger partial charge is 0.494 e. The van der Waals surface area contributed by atoms with Crippen molar-refractivity contribution in [3.05, 3.63) is 102 Å². The van der Waals surface area contributed by atoms with Crippen LogP contribution >= 0.6 is 34.5 Å². The van der Waals surface area contributed by atoms with Crippen molar-refractivity contribution < 1.29 is 19.1 Å². The molecule has 0 bridgehead atoms. The molecular formula is C49H58Cl2N12O5S. The number of nitrogens with zero attached hydrogens (tertiary/aromatic N) is 9. The molecule has 0 unspecified atom stereocenters. The van der Waals surface area contributed by atoms with Gasteiger partial charge in [0.15, 0.2) is 24.0 Å². The van der Waals surface area contributed by atoms with Gasteiger partial charge in [-0.2, -0.15) is 4.98 Å². The molecule has 0 aliphatic carbocycles. The number of fused-ring (bicyclic) bond motifs is 4. The number of carbonyl (C=O) groups excluding carboxylic acids is 2. The summed E-state index contributed by atoms with van der Waals surface area (Å²) in [7, 11) is 4.66. The molecular weight excluding hydrogens is 940 g/mol. The third-order valence-corrected chi connectivity index (χ3v) is 14.4. The van der Waals surface area contributed by atoms with Gasteiger partial charge in [-0.25, -0.2) is 4.98 Å². The Morgan fingerprint density at radius 2 is 1.65 bits per heavy atom. The number of anilines is 3. The minimum atomic E-state index is -0.491. The molecule has 364 valence electrons. The molecule has 1 fully saturated rings. The van der Waals surface area contributed by atoms with Gasteiger partial charge < -0.3 is 34.9 Å². The first-order chi connectivity index (χ1) is 33.3. The van der Waals surface area contributed by atoms with Crippen LogP contribution in [0.15, 0.2) is 58.4 Å². The van der Waals surface area contributed by atoms with Gasteiger partial charge in [0.25, 0.3) is 11.5 Å². The van der Waals surface area contributed by atoms with Gasteiger partial charge in [0, 0.05) is 85.0 Å². The normalized spacial score (nSPS) is 14.8. The van der Waals surface area contributed by atoms with Gasteiger partial charge in [-0.05, 0) is 70.0 Å². The van der Waals surface area contributed by atoms with E-state index in [1.54, 1.807) is 36.7 Å². The van der Waals surface area contributed by atoms with Crippen molar-refractivity contribution in [3.8, 4) is 16.5 Å². The van der Waals surface area contributed by atoms with Gasteiger partial charge in [0.1, 0.15) is 27.6 Å². The van der Waals surface area contributed by atoms with Crippen molar-refractivity contribution in [2.24, 2.45) is 12.0 Å². The number of aromatic nitrogens is 6. The van der Waals surface area contributed by atoms with Gasteiger partial charge in [-0.15, -0.1) is 21.5 Å². The first kappa shape index (κ1) is 49.3. The molecule has 2 aliphatic rings. The lowest BCUT2D eigenvalue weighted by Crippen LogP contribution is -2.47. The van der Waals surface area contributed by atoms with Crippen molar-refractivity contribution in [2.75, 3.05) is 70.2 Å². The Morgan fingerprint density at radius 3 is 2.39 bits per heavy atom. The Morgan fingerprint density at radius 1 is 0.913 bits per heavy atom. The fraction of sp³-hybridized carbons (Fsp3) is 0.429. The Labute approximate surface area is 415 Å². The summed E-state index contributed by atoms with van der Waals surface area (Å²) in [6.07, 6.45) is 8.30. The quantitative estimate of drug-likeness (QED) is 0.0675. The number of thiophene rings is 1. The first-order valence-electron chi connectivity index (χ1n) is 23.3. The van der Waals surface area contributed by atoms with E-state index >= 15 is 0 Å². The Bertz CT molecular complexity index is 2930. The average molecular weight is 998 g/mol. The van der Waals surface area contributed by atoms with Crippen LogP contribution in [0.5, 0.6) is 11.5 Å². The number of amides is 2. The van der Waals surface area contributed by atoms with Crippen LogP contribution in [0.3, 0.4) is 0 Å². The van der Waals surface area contributed by atoms with Crippen LogP contribution in [0.4, 0.5) is 17.5 Å². The van der Waals surface area contributed by atoms with E-state index < -0.39 is 11.6 Å². The molecule has 2 aromatic carbocycles. The molecule has 4 aromatic heterocycles. The van der Waals surface area contributed by atoms with E-state index in [4.69, 9.17) is 42.7 Å². The van der Waals surface area contributed by atoms with Crippen LogP contribution in [0, 0.1) is 20.8 Å². The van der Waals surface area contributed by atoms with Crippen LogP contribution in [-0.2, 0) is 16.6 Å². The summed E-state index contributed by atoms with van der Waals surface area (Å²) in [6.45, 7) is 10.9. The number of hydrogen-bond donors (Lipinski definition) is 3. The monoisotopic (exact) mass is 996 g/mol. The van der Waals surface area contributed by atoms with Crippen LogP contribution in [0.1, 0.15) is 84.2 Å². The third-order valence-electron chi connectivity index (χ3n) is 12.7. The zero-order chi connectivity index (χ0) is 48.8. The smallest absolute Gasteiger partial charge is 0.293 e. The molecule has 17 nitrogen and oxygen atoms in total. The molecule has 6 aromatic rings. The molecule has 1 atom stereocenters. The molecule has 0 saturated carbocycles. The highest BCUT2D eigenvalue weighted by atomic mass is 35.5. The number of benzene rings is 2. The van der Waals surface area contributed by atoms with E-state index in [-0.39, 0.29) is 30.6 Å². The number of rotatable bonds is 19. The molecule has 2 amide bonds. The van der Waals surface area contributed by atoms with E-state index in [0.717, 1.165) is 104 Å². The lowest BCUT2D eigenvalue weighted by molar-refractivity contribution is -0.123. The first-order valence-corrected chi connectivity index (χ1v) is 24.9. The number of halogens is 2. The summed E-state index contributed by atoms with van der Waals surface area (Å²) in [6, 6.07) is 12.4. The minimum Gasteiger partial charge on any atom is -0.494 e. The fourth-order valence-electron chi connectivity index (χ4n) is 8.80. The second-order valence-electron chi connectivity index (χ2n) is 17.4. The molecule has 3 N–H and O–H groups in total. The lowest BCUT2D eigenvalue weighted by atomic mass is 9.99. The lowest BCUT2D eigenvalue weighted by Gasteiger charge is -2.34. The highest BCUT2D eigenvalue weighted by Crippen LogP contribution is 2.40. The summed E-state index contributed by atoms with van der Waals surface area (Å²) in [5.74, 6) is 2.57. The van der Waals surface area contributed by atoms with E-state index in [1.165, 1.54) is 23.6 Å². The van der Waals surface area contributed by atoms with Crippen molar-refractivity contribution in [1.29, 1.82) is 0 Å². The zero-order valence-corrected chi connectivity index (χ0v) is 42.2. The van der Waals surface area contributed by atoms with E-state index in [2.05, 4.69) is 59.3 Å². The Kier molecular flexibility index (Phi) is 15.8. The van der Waals surface area contributed by atoms with Crippen LogP contribution in [0.2, 0.25) is 10.0 Å². The topological polar surface area (TPSA) is 186 Å². The average Bonchev–Trinajstić information content (AvgIpc) is 3.83. The van der Waals surface area contributed by atoms with Crippen molar-refractivity contribution in [3.63, 3.8) is 0 Å². The molecule has 0 radical (unpaired) electrons.